The molecular weight excluding hydrogens is 254 g/mol. The molecule has 0 unspecified atom stereocenters. The minimum absolute atomic E-state index is 0.0172. The van der Waals surface area contributed by atoms with Crippen molar-refractivity contribution in [2.45, 2.75) is 6.54 Å². The number of halogens is 1. The zero-order chi connectivity index (χ0) is 13.4. The third-order valence-electron chi connectivity index (χ3n) is 2.28. The molecular formula is C12H18ClN3O2. The summed E-state index contributed by atoms with van der Waals surface area (Å²) < 4.78 is 4.85. The van der Waals surface area contributed by atoms with E-state index < -0.39 is 0 Å². The lowest BCUT2D eigenvalue weighted by Gasteiger charge is -2.16. The average Bonchev–Trinajstić information content (AvgIpc) is 2.32. The van der Waals surface area contributed by atoms with Crippen molar-refractivity contribution in [3.63, 3.8) is 0 Å². The molecule has 0 spiro atoms. The van der Waals surface area contributed by atoms with Gasteiger partial charge in [-0.15, -0.1) is 0 Å². The highest BCUT2D eigenvalue weighted by molar-refractivity contribution is 6.29. The van der Waals surface area contributed by atoms with Crippen molar-refractivity contribution in [3.05, 3.63) is 29.0 Å². The number of carbonyl (C=O) groups is 1. The highest BCUT2D eigenvalue weighted by Crippen LogP contribution is 2.06. The van der Waals surface area contributed by atoms with Crippen molar-refractivity contribution in [3.8, 4) is 0 Å². The minimum Gasteiger partial charge on any atom is -0.383 e. The van der Waals surface area contributed by atoms with Crippen LogP contribution in [0.3, 0.4) is 0 Å². The van der Waals surface area contributed by atoms with Gasteiger partial charge in [0.15, 0.2) is 0 Å². The first-order valence-corrected chi connectivity index (χ1v) is 6.04. The second-order valence-corrected chi connectivity index (χ2v) is 4.39. The monoisotopic (exact) mass is 271 g/mol. The molecule has 0 aromatic carbocycles. The van der Waals surface area contributed by atoms with E-state index in [1.165, 1.54) is 0 Å². The van der Waals surface area contributed by atoms with Crippen LogP contribution < -0.4 is 5.32 Å². The van der Waals surface area contributed by atoms with Crippen molar-refractivity contribution in [2.24, 2.45) is 0 Å². The first-order chi connectivity index (χ1) is 8.61. The first kappa shape index (κ1) is 14.9. The molecule has 1 heterocycles. The van der Waals surface area contributed by atoms with Gasteiger partial charge < -0.3 is 10.1 Å². The Balaban J connectivity index is 2.30. The maximum absolute atomic E-state index is 11.5. The smallest absolute Gasteiger partial charge is 0.234 e. The van der Waals surface area contributed by atoms with Gasteiger partial charge in [0.05, 0.1) is 13.2 Å². The lowest BCUT2D eigenvalue weighted by molar-refractivity contribution is -0.122. The van der Waals surface area contributed by atoms with Gasteiger partial charge >= 0.3 is 0 Å². The number of amides is 1. The van der Waals surface area contributed by atoms with Gasteiger partial charge in [0.25, 0.3) is 0 Å². The van der Waals surface area contributed by atoms with E-state index in [0.29, 0.717) is 31.4 Å². The molecule has 0 aliphatic heterocycles. The van der Waals surface area contributed by atoms with Crippen molar-refractivity contribution in [1.82, 2.24) is 15.2 Å². The van der Waals surface area contributed by atoms with Gasteiger partial charge in [-0.2, -0.15) is 0 Å². The van der Waals surface area contributed by atoms with E-state index in [-0.39, 0.29) is 5.91 Å². The summed E-state index contributed by atoms with van der Waals surface area (Å²) in [6.45, 7) is 2.05. The highest BCUT2D eigenvalue weighted by atomic mass is 35.5. The lowest BCUT2D eigenvalue weighted by atomic mass is 10.3. The molecule has 0 atom stereocenters. The van der Waals surface area contributed by atoms with Crippen LogP contribution in [0.4, 0.5) is 0 Å². The van der Waals surface area contributed by atoms with E-state index >= 15 is 0 Å². The molecule has 0 saturated heterocycles. The van der Waals surface area contributed by atoms with Crippen LogP contribution in [0.5, 0.6) is 0 Å². The van der Waals surface area contributed by atoms with Crippen LogP contribution in [-0.2, 0) is 16.1 Å². The summed E-state index contributed by atoms with van der Waals surface area (Å²) in [6, 6.07) is 3.64. The molecule has 0 radical (unpaired) electrons. The van der Waals surface area contributed by atoms with E-state index in [1.807, 2.05) is 18.0 Å². The van der Waals surface area contributed by atoms with E-state index in [4.69, 9.17) is 16.3 Å². The van der Waals surface area contributed by atoms with Crippen LogP contribution in [0, 0.1) is 0 Å². The maximum atomic E-state index is 11.5. The number of hydrogen-bond acceptors (Lipinski definition) is 4. The third-order valence-corrected chi connectivity index (χ3v) is 2.51. The predicted octanol–water partition coefficient (Wildman–Crippen LogP) is 0.929. The summed E-state index contributed by atoms with van der Waals surface area (Å²) in [6.07, 6.45) is 1.71. The number of carbonyl (C=O) groups excluding carboxylic acids is 1. The molecule has 0 aliphatic rings. The van der Waals surface area contributed by atoms with Gasteiger partial charge in [-0.3, -0.25) is 9.69 Å². The molecule has 1 rings (SSSR count). The Kier molecular flexibility index (Phi) is 6.64. The fourth-order valence-electron chi connectivity index (χ4n) is 1.46. The molecule has 18 heavy (non-hydrogen) atoms. The zero-order valence-corrected chi connectivity index (χ0v) is 11.4. The second kappa shape index (κ2) is 8.02. The molecule has 1 N–H and O–H groups in total. The highest BCUT2D eigenvalue weighted by Gasteiger charge is 2.06. The quantitative estimate of drug-likeness (QED) is 0.592. The number of nitrogens with one attached hydrogen (secondary N) is 1. The Labute approximate surface area is 112 Å². The van der Waals surface area contributed by atoms with Crippen molar-refractivity contribution < 1.29 is 9.53 Å². The molecule has 0 bridgehead atoms. The van der Waals surface area contributed by atoms with Gasteiger partial charge in [-0.1, -0.05) is 17.7 Å². The maximum Gasteiger partial charge on any atom is 0.234 e. The van der Waals surface area contributed by atoms with E-state index in [1.54, 1.807) is 19.4 Å². The van der Waals surface area contributed by atoms with Crippen LogP contribution in [0.2, 0.25) is 5.15 Å². The predicted molar refractivity (Wildman–Crippen MR) is 70.5 cm³/mol. The van der Waals surface area contributed by atoms with Crippen molar-refractivity contribution in [1.29, 1.82) is 0 Å². The van der Waals surface area contributed by atoms with Crippen LogP contribution in [0.25, 0.3) is 0 Å². The molecule has 0 fully saturated rings. The molecule has 100 valence electrons. The number of pyridine rings is 1. The summed E-state index contributed by atoms with van der Waals surface area (Å²) in [5.74, 6) is -0.0172. The summed E-state index contributed by atoms with van der Waals surface area (Å²) >= 11 is 5.70. The number of methoxy groups -OCH3 is 1. The van der Waals surface area contributed by atoms with Crippen molar-refractivity contribution in [2.75, 3.05) is 33.9 Å². The Morgan fingerprint density at radius 2 is 2.33 bits per heavy atom. The molecule has 0 aliphatic carbocycles. The largest absolute Gasteiger partial charge is 0.383 e. The van der Waals surface area contributed by atoms with E-state index in [0.717, 1.165) is 5.56 Å². The van der Waals surface area contributed by atoms with Gasteiger partial charge in [0, 0.05) is 26.4 Å². The van der Waals surface area contributed by atoms with Gasteiger partial charge in [0.1, 0.15) is 5.15 Å². The topological polar surface area (TPSA) is 54.5 Å². The lowest BCUT2D eigenvalue weighted by Crippen LogP contribution is -2.36. The number of aromatic nitrogens is 1. The Bertz CT molecular complexity index is 370. The third kappa shape index (κ3) is 5.95. The Hall–Kier alpha value is -1.17. The minimum atomic E-state index is -0.0172. The zero-order valence-electron chi connectivity index (χ0n) is 10.6. The van der Waals surface area contributed by atoms with Crippen LogP contribution >= 0.6 is 11.6 Å². The number of rotatable bonds is 7. The van der Waals surface area contributed by atoms with E-state index in [2.05, 4.69) is 10.3 Å². The summed E-state index contributed by atoms with van der Waals surface area (Å²) in [7, 11) is 3.48. The molecule has 1 aromatic rings. The van der Waals surface area contributed by atoms with Gasteiger partial charge in [-0.05, 0) is 18.7 Å². The molecule has 0 saturated carbocycles. The van der Waals surface area contributed by atoms with Gasteiger partial charge in [-0.25, -0.2) is 4.98 Å². The van der Waals surface area contributed by atoms with Crippen molar-refractivity contribution >= 4 is 17.5 Å². The fraction of sp³-hybridized carbons (Fsp3) is 0.500. The molecule has 1 aromatic heterocycles. The standard InChI is InChI=1S/C12H18ClN3O2/c1-16(9-12(17)14-5-6-18-2)8-10-3-4-11(13)15-7-10/h3-4,7H,5-6,8-9H2,1-2H3,(H,14,17). The Morgan fingerprint density at radius 3 is 2.94 bits per heavy atom. The molecule has 6 heteroatoms. The molecule has 5 nitrogen and oxygen atoms in total. The van der Waals surface area contributed by atoms with Gasteiger partial charge in [0.2, 0.25) is 5.91 Å². The van der Waals surface area contributed by atoms with Crippen LogP contribution in [0.15, 0.2) is 18.3 Å². The number of likely N-dealkylation sites (N-methyl/N-ethyl adjacent to an activating group) is 1. The van der Waals surface area contributed by atoms with Crippen LogP contribution in [-0.4, -0.2) is 49.6 Å². The number of nitrogens with zero attached hydrogens (tertiary/aromatic N) is 2. The fourth-order valence-corrected chi connectivity index (χ4v) is 1.57. The Morgan fingerprint density at radius 1 is 1.56 bits per heavy atom. The van der Waals surface area contributed by atoms with E-state index in [9.17, 15) is 4.79 Å². The summed E-state index contributed by atoms with van der Waals surface area (Å²) in [4.78, 5) is 17.4. The summed E-state index contributed by atoms with van der Waals surface area (Å²) in [5.41, 5.74) is 1.02. The summed E-state index contributed by atoms with van der Waals surface area (Å²) in [5, 5.41) is 3.24. The first-order valence-electron chi connectivity index (χ1n) is 5.66. The SMILES string of the molecule is COCCNC(=O)CN(C)Cc1ccc(Cl)nc1. The normalized spacial score (nSPS) is 10.7. The average molecular weight is 272 g/mol. The molecule has 1 amide bonds. The number of ether oxygens (including phenoxy) is 1. The second-order valence-electron chi connectivity index (χ2n) is 4.00. The number of hydrogen-bond donors (Lipinski definition) is 1. The van der Waals surface area contributed by atoms with Crippen LogP contribution in [0.1, 0.15) is 5.56 Å².